The number of unbranched alkanes of at least 4 members (excludes halogenated alkanes) is 1. The van der Waals surface area contributed by atoms with Gasteiger partial charge in [-0.3, -0.25) is 14.4 Å². The van der Waals surface area contributed by atoms with Gasteiger partial charge in [-0.2, -0.15) is 0 Å². The molecule has 0 atom stereocenters. The maximum atomic E-state index is 12.6. The first-order valence-corrected chi connectivity index (χ1v) is 9.73. The summed E-state index contributed by atoms with van der Waals surface area (Å²) in [4.78, 5) is 43.7. The minimum atomic E-state index is -1.40. The lowest BCUT2D eigenvalue weighted by Gasteiger charge is -2.26. The molecule has 1 aromatic rings. The zero-order chi connectivity index (χ0) is 21.8. The lowest BCUT2D eigenvalue weighted by atomic mass is 9.84. The number of hydrogen-bond donors (Lipinski definition) is 0. The Balaban J connectivity index is 2.53. The fourth-order valence-corrected chi connectivity index (χ4v) is 3.93. The Morgan fingerprint density at radius 3 is 2.10 bits per heavy atom. The molecule has 0 spiro atoms. The molecule has 0 unspecified atom stereocenters. The van der Waals surface area contributed by atoms with Crippen molar-refractivity contribution in [3.8, 4) is 0 Å². The van der Waals surface area contributed by atoms with E-state index in [2.05, 4.69) is 6.92 Å². The Hall–Kier alpha value is -2.64. The number of methoxy groups -OCH3 is 3. The number of aromatic nitrogens is 1. The summed E-state index contributed by atoms with van der Waals surface area (Å²) in [6.45, 7) is 6.56. The van der Waals surface area contributed by atoms with Crippen LogP contribution in [0.3, 0.4) is 0 Å². The van der Waals surface area contributed by atoms with Gasteiger partial charge in [0, 0.05) is 25.1 Å². The Labute approximate surface area is 171 Å². The largest absolute Gasteiger partial charge is 0.468 e. The van der Waals surface area contributed by atoms with Crippen LogP contribution >= 0.6 is 0 Å². The first-order valence-electron chi connectivity index (χ1n) is 9.73. The molecule has 8 heteroatoms. The summed E-state index contributed by atoms with van der Waals surface area (Å²) in [5, 5.41) is 0. The van der Waals surface area contributed by atoms with E-state index in [4.69, 9.17) is 19.2 Å². The van der Waals surface area contributed by atoms with Crippen molar-refractivity contribution in [2.75, 3.05) is 39.3 Å². The smallest absolute Gasteiger partial charge is 0.325 e. The van der Waals surface area contributed by atoms with Crippen molar-refractivity contribution in [2.45, 2.75) is 46.5 Å². The summed E-state index contributed by atoms with van der Waals surface area (Å²) >= 11 is 0. The van der Waals surface area contributed by atoms with E-state index in [1.165, 1.54) is 21.3 Å². The fourth-order valence-electron chi connectivity index (χ4n) is 3.93. The molecule has 29 heavy (non-hydrogen) atoms. The van der Waals surface area contributed by atoms with Gasteiger partial charge in [-0.1, -0.05) is 13.3 Å². The number of aryl methyl sites for hydroxylation is 1. The van der Waals surface area contributed by atoms with E-state index in [0.29, 0.717) is 12.4 Å². The summed E-state index contributed by atoms with van der Waals surface area (Å²) in [5.74, 6) is -0.902. The van der Waals surface area contributed by atoms with Gasteiger partial charge in [-0.15, -0.1) is 0 Å². The zero-order valence-corrected chi connectivity index (χ0v) is 18.1. The maximum Gasteiger partial charge on any atom is 0.325 e. The van der Waals surface area contributed by atoms with Crippen molar-refractivity contribution in [1.82, 2.24) is 4.98 Å². The second-order valence-electron chi connectivity index (χ2n) is 7.37. The third-order valence-electron chi connectivity index (χ3n) is 5.60. The first-order chi connectivity index (χ1) is 13.7. The number of carbonyl (C=O) groups is 3. The van der Waals surface area contributed by atoms with Gasteiger partial charge in [0.1, 0.15) is 12.4 Å². The average Bonchev–Trinajstić information content (AvgIpc) is 3.15. The van der Waals surface area contributed by atoms with Crippen LogP contribution in [0.25, 0.3) is 0 Å². The van der Waals surface area contributed by atoms with Crippen LogP contribution in [0.5, 0.6) is 0 Å². The summed E-state index contributed by atoms with van der Waals surface area (Å²) in [6, 6.07) is 0. The predicted octanol–water partition coefficient (Wildman–Crippen LogP) is 1.91. The van der Waals surface area contributed by atoms with Crippen LogP contribution in [-0.2, 0) is 41.4 Å². The van der Waals surface area contributed by atoms with Gasteiger partial charge >= 0.3 is 17.9 Å². The highest BCUT2D eigenvalue weighted by molar-refractivity contribution is 6.01. The quantitative estimate of drug-likeness (QED) is 0.367. The lowest BCUT2D eigenvalue weighted by Crippen LogP contribution is -2.42. The standard InChI is InChI=1S/C21H30N2O6/c1-7-8-9-23(12-17(24)27-4)18-13(2)15-10-21(19(25)28-5,20(26)29-6)11-16(15)14(3)22-18/h7-12H2,1-6H3. The second-order valence-corrected chi connectivity index (χ2v) is 7.37. The molecule has 1 aliphatic carbocycles. The molecule has 0 amide bonds. The third-order valence-corrected chi connectivity index (χ3v) is 5.60. The SMILES string of the molecule is CCCCN(CC(=O)OC)c1nc(C)c2c(c1C)CC(C(=O)OC)(C(=O)OC)C2. The number of rotatable bonds is 8. The van der Waals surface area contributed by atoms with Gasteiger partial charge in [0.2, 0.25) is 0 Å². The first kappa shape index (κ1) is 22.6. The molecular formula is C21H30N2O6. The molecule has 1 aromatic heterocycles. The molecule has 1 heterocycles. The van der Waals surface area contributed by atoms with Crippen molar-refractivity contribution in [3.63, 3.8) is 0 Å². The molecular weight excluding hydrogens is 376 g/mol. The summed E-state index contributed by atoms with van der Waals surface area (Å²) < 4.78 is 14.7. The number of nitrogens with zero attached hydrogens (tertiary/aromatic N) is 2. The molecule has 160 valence electrons. The molecule has 2 rings (SSSR count). The van der Waals surface area contributed by atoms with E-state index >= 15 is 0 Å². The van der Waals surface area contributed by atoms with Crippen molar-refractivity contribution >= 4 is 23.7 Å². The highest BCUT2D eigenvalue weighted by Gasteiger charge is 2.53. The van der Waals surface area contributed by atoms with Crippen molar-refractivity contribution in [2.24, 2.45) is 5.41 Å². The minimum Gasteiger partial charge on any atom is -0.468 e. The van der Waals surface area contributed by atoms with Crippen LogP contribution in [0.15, 0.2) is 0 Å². The van der Waals surface area contributed by atoms with Crippen LogP contribution in [0.4, 0.5) is 5.82 Å². The van der Waals surface area contributed by atoms with Crippen molar-refractivity contribution in [3.05, 3.63) is 22.4 Å². The van der Waals surface area contributed by atoms with Crippen molar-refractivity contribution in [1.29, 1.82) is 0 Å². The number of anilines is 1. The molecule has 0 bridgehead atoms. The van der Waals surface area contributed by atoms with E-state index < -0.39 is 17.4 Å². The van der Waals surface area contributed by atoms with Crippen LogP contribution in [0.1, 0.15) is 42.1 Å². The molecule has 0 aromatic carbocycles. The van der Waals surface area contributed by atoms with Gasteiger partial charge in [0.05, 0.1) is 21.3 Å². The Kier molecular flexibility index (Phi) is 7.21. The van der Waals surface area contributed by atoms with E-state index in [1.54, 1.807) is 0 Å². The Morgan fingerprint density at radius 2 is 1.59 bits per heavy atom. The molecule has 1 aliphatic rings. The Bertz CT molecular complexity index is 789. The molecule has 0 fully saturated rings. The fraction of sp³-hybridized carbons (Fsp3) is 0.619. The summed E-state index contributed by atoms with van der Waals surface area (Å²) in [6.07, 6.45) is 2.23. The number of fused-ring (bicyclic) bond motifs is 1. The van der Waals surface area contributed by atoms with E-state index in [1.807, 2.05) is 18.7 Å². The second kappa shape index (κ2) is 9.24. The molecule has 0 aliphatic heterocycles. The number of ether oxygens (including phenoxy) is 3. The maximum absolute atomic E-state index is 12.6. The Morgan fingerprint density at radius 1 is 1.00 bits per heavy atom. The average molecular weight is 406 g/mol. The van der Waals surface area contributed by atoms with Gasteiger partial charge in [-0.05, 0) is 37.0 Å². The van der Waals surface area contributed by atoms with E-state index in [9.17, 15) is 14.4 Å². The van der Waals surface area contributed by atoms with Crippen LogP contribution in [-0.4, -0.2) is 57.3 Å². The molecule has 8 nitrogen and oxygen atoms in total. The topological polar surface area (TPSA) is 95.0 Å². The number of carbonyl (C=O) groups excluding carboxylic acids is 3. The minimum absolute atomic E-state index is 0.0850. The van der Waals surface area contributed by atoms with Gasteiger partial charge in [0.15, 0.2) is 5.41 Å². The third kappa shape index (κ3) is 4.21. The van der Waals surface area contributed by atoms with Gasteiger partial charge in [0.25, 0.3) is 0 Å². The summed E-state index contributed by atoms with van der Waals surface area (Å²) in [5.41, 5.74) is 1.91. The lowest BCUT2D eigenvalue weighted by molar-refractivity contribution is -0.168. The van der Waals surface area contributed by atoms with Crippen LogP contribution < -0.4 is 4.90 Å². The molecule has 0 saturated heterocycles. The van der Waals surface area contributed by atoms with E-state index in [0.717, 1.165) is 35.2 Å². The van der Waals surface area contributed by atoms with Crippen molar-refractivity contribution < 1.29 is 28.6 Å². The monoisotopic (exact) mass is 406 g/mol. The normalized spacial score (nSPS) is 14.1. The van der Waals surface area contributed by atoms with E-state index in [-0.39, 0.29) is 25.4 Å². The highest BCUT2D eigenvalue weighted by atomic mass is 16.5. The van der Waals surface area contributed by atoms with Crippen LogP contribution in [0.2, 0.25) is 0 Å². The zero-order valence-electron chi connectivity index (χ0n) is 18.1. The summed E-state index contributed by atoms with van der Waals surface area (Å²) in [7, 11) is 3.89. The van der Waals surface area contributed by atoms with Gasteiger partial charge in [-0.25, -0.2) is 4.98 Å². The highest BCUT2D eigenvalue weighted by Crippen LogP contribution is 2.43. The number of esters is 3. The van der Waals surface area contributed by atoms with Crippen LogP contribution in [0, 0.1) is 19.3 Å². The molecule has 0 saturated carbocycles. The predicted molar refractivity (Wildman–Crippen MR) is 107 cm³/mol. The molecule has 0 N–H and O–H groups in total. The van der Waals surface area contributed by atoms with Gasteiger partial charge < -0.3 is 19.1 Å². The molecule has 0 radical (unpaired) electrons. The number of hydrogen-bond acceptors (Lipinski definition) is 8. The number of pyridine rings is 1.